The molecule has 2 atom stereocenters. The standard InChI is InChI=1S/C32H39BrN2O3/c1-6-23(2)34-31(37)28(19-24-13-9-7-10-14-24)35(21-25-15-11-8-12-16-25)30(36)22-38-29-18-17-26(20-27(29)33)32(3,4)5/h7-18,20,23,28H,6,19,21-22H2,1-5H3,(H,34,37)/t23-,28-/m1/s1. The lowest BCUT2D eigenvalue weighted by Crippen LogP contribution is -2.53. The van der Waals surface area contributed by atoms with Gasteiger partial charge in [0.05, 0.1) is 4.47 Å². The van der Waals surface area contributed by atoms with Crippen molar-refractivity contribution in [2.45, 2.75) is 71.5 Å². The van der Waals surface area contributed by atoms with Gasteiger partial charge in [-0.05, 0) is 63.5 Å². The number of halogens is 1. The summed E-state index contributed by atoms with van der Waals surface area (Å²) in [5, 5.41) is 3.09. The zero-order valence-corrected chi connectivity index (χ0v) is 24.6. The van der Waals surface area contributed by atoms with Crippen molar-refractivity contribution in [3.63, 3.8) is 0 Å². The fourth-order valence-electron chi connectivity index (χ4n) is 4.08. The van der Waals surface area contributed by atoms with Crippen LogP contribution in [0, 0.1) is 0 Å². The van der Waals surface area contributed by atoms with Crippen molar-refractivity contribution in [2.75, 3.05) is 6.61 Å². The second-order valence-electron chi connectivity index (χ2n) is 10.7. The summed E-state index contributed by atoms with van der Waals surface area (Å²) in [5.41, 5.74) is 3.10. The van der Waals surface area contributed by atoms with Crippen molar-refractivity contribution in [1.82, 2.24) is 10.2 Å². The van der Waals surface area contributed by atoms with E-state index >= 15 is 0 Å². The summed E-state index contributed by atoms with van der Waals surface area (Å²) in [4.78, 5) is 29.0. The summed E-state index contributed by atoms with van der Waals surface area (Å²) in [6, 6.07) is 24.8. The van der Waals surface area contributed by atoms with Gasteiger partial charge in [-0.15, -0.1) is 0 Å². The molecule has 5 nitrogen and oxygen atoms in total. The second-order valence-corrected chi connectivity index (χ2v) is 11.6. The van der Waals surface area contributed by atoms with E-state index in [4.69, 9.17) is 4.74 Å². The minimum Gasteiger partial charge on any atom is -0.483 e. The van der Waals surface area contributed by atoms with Crippen LogP contribution in [0.15, 0.2) is 83.3 Å². The number of carbonyl (C=O) groups excluding carboxylic acids is 2. The number of hydrogen-bond donors (Lipinski definition) is 1. The molecule has 0 radical (unpaired) electrons. The van der Waals surface area contributed by atoms with Crippen LogP contribution in [0.4, 0.5) is 0 Å². The molecular weight excluding hydrogens is 540 g/mol. The molecule has 6 heteroatoms. The monoisotopic (exact) mass is 578 g/mol. The van der Waals surface area contributed by atoms with Crippen molar-refractivity contribution >= 4 is 27.7 Å². The first-order chi connectivity index (χ1) is 18.1. The maximum Gasteiger partial charge on any atom is 0.261 e. The highest BCUT2D eigenvalue weighted by molar-refractivity contribution is 9.10. The molecule has 0 spiro atoms. The van der Waals surface area contributed by atoms with Gasteiger partial charge < -0.3 is 15.0 Å². The first-order valence-electron chi connectivity index (χ1n) is 13.2. The van der Waals surface area contributed by atoms with Gasteiger partial charge in [-0.1, -0.05) is 94.4 Å². The molecule has 202 valence electrons. The summed E-state index contributed by atoms with van der Waals surface area (Å²) >= 11 is 3.60. The Morgan fingerprint density at radius 3 is 2.11 bits per heavy atom. The number of nitrogens with one attached hydrogen (secondary N) is 1. The van der Waals surface area contributed by atoms with E-state index in [1.165, 1.54) is 5.56 Å². The van der Waals surface area contributed by atoms with Crippen molar-refractivity contribution in [3.8, 4) is 5.75 Å². The SMILES string of the molecule is CC[C@@H](C)NC(=O)[C@@H](Cc1ccccc1)N(Cc1ccccc1)C(=O)COc1ccc(C(C)(C)C)cc1Br. The average molecular weight is 580 g/mol. The number of carbonyl (C=O) groups is 2. The number of amides is 2. The van der Waals surface area contributed by atoms with Gasteiger partial charge in [0, 0.05) is 19.0 Å². The minimum absolute atomic E-state index is 0.00277. The van der Waals surface area contributed by atoms with Gasteiger partial charge in [-0.3, -0.25) is 9.59 Å². The van der Waals surface area contributed by atoms with E-state index in [1.54, 1.807) is 4.90 Å². The van der Waals surface area contributed by atoms with Crippen LogP contribution in [0.2, 0.25) is 0 Å². The van der Waals surface area contributed by atoms with E-state index in [2.05, 4.69) is 42.0 Å². The van der Waals surface area contributed by atoms with E-state index in [-0.39, 0.29) is 29.9 Å². The average Bonchev–Trinajstić information content (AvgIpc) is 2.90. The third kappa shape index (κ3) is 8.45. The van der Waals surface area contributed by atoms with E-state index in [0.29, 0.717) is 18.7 Å². The fraction of sp³-hybridized carbons (Fsp3) is 0.375. The quantitative estimate of drug-likeness (QED) is 0.276. The number of rotatable bonds is 11. The maximum atomic E-state index is 13.8. The molecule has 0 aromatic heterocycles. The summed E-state index contributed by atoms with van der Waals surface area (Å²) in [5.74, 6) is 0.179. The molecular formula is C32H39BrN2O3. The number of nitrogens with zero attached hydrogens (tertiary/aromatic N) is 1. The smallest absolute Gasteiger partial charge is 0.261 e. The van der Waals surface area contributed by atoms with Crippen LogP contribution in [0.1, 0.15) is 57.7 Å². The predicted octanol–water partition coefficient (Wildman–Crippen LogP) is 6.68. The van der Waals surface area contributed by atoms with Crippen molar-refractivity contribution in [1.29, 1.82) is 0 Å². The van der Waals surface area contributed by atoms with Gasteiger partial charge in [0.1, 0.15) is 11.8 Å². The Balaban J connectivity index is 1.89. The molecule has 0 saturated carbocycles. The van der Waals surface area contributed by atoms with Gasteiger partial charge in [0.2, 0.25) is 5.91 Å². The molecule has 3 rings (SSSR count). The Morgan fingerprint density at radius 2 is 1.55 bits per heavy atom. The van der Waals surface area contributed by atoms with Gasteiger partial charge in [-0.25, -0.2) is 0 Å². The third-order valence-corrected chi connectivity index (χ3v) is 7.24. The summed E-state index contributed by atoms with van der Waals surface area (Å²) < 4.78 is 6.79. The molecule has 3 aromatic carbocycles. The molecule has 0 fully saturated rings. The van der Waals surface area contributed by atoms with Gasteiger partial charge >= 0.3 is 0 Å². The highest BCUT2D eigenvalue weighted by Gasteiger charge is 2.31. The molecule has 0 heterocycles. The van der Waals surface area contributed by atoms with Crippen LogP contribution in [0.5, 0.6) is 5.75 Å². The number of ether oxygens (including phenoxy) is 1. The van der Waals surface area contributed by atoms with Crippen LogP contribution in [-0.4, -0.2) is 35.4 Å². The normalized spacial score (nSPS) is 12.9. The molecule has 2 amide bonds. The van der Waals surface area contributed by atoms with Gasteiger partial charge in [-0.2, -0.15) is 0 Å². The highest BCUT2D eigenvalue weighted by atomic mass is 79.9. The van der Waals surface area contributed by atoms with Crippen molar-refractivity contribution in [2.24, 2.45) is 0 Å². The molecule has 0 aliphatic heterocycles. The van der Waals surface area contributed by atoms with E-state index in [0.717, 1.165) is 22.0 Å². The molecule has 0 aliphatic carbocycles. The molecule has 0 unspecified atom stereocenters. The van der Waals surface area contributed by atoms with Crippen LogP contribution in [-0.2, 0) is 28.0 Å². The molecule has 0 bridgehead atoms. The third-order valence-electron chi connectivity index (χ3n) is 6.62. The van der Waals surface area contributed by atoms with E-state index in [9.17, 15) is 9.59 Å². The first kappa shape index (κ1) is 29.4. The Labute approximate surface area is 235 Å². The zero-order valence-electron chi connectivity index (χ0n) is 23.0. The molecule has 0 saturated heterocycles. The molecule has 3 aromatic rings. The molecule has 38 heavy (non-hydrogen) atoms. The summed E-state index contributed by atoms with van der Waals surface area (Å²) in [6.45, 7) is 10.6. The van der Waals surface area contributed by atoms with Crippen LogP contribution < -0.4 is 10.1 Å². The van der Waals surface area contributed by atoms with Crippen molar-refractivity contribution in [3.05, 3.63) is 100 Å². The minimum atomic E-state index is -0.686. The number of hydrogen-bond acceptors (Lipinski definition) is 3. The van der Waals surface area contributed by atoms with Crippen LogP contribution in [0.25, 0.3) is 0 Å². The van der Waals surface area contributed by atoms with Crippen molar-refractivity contribution < 1.29 is 14.3 Å². The van der Waals surface area contributed by atoms with Crippen LogP contribution in [0.3, 0.4) is 0 Å². The van der Waals surface area contributed by atoms with Crippen LogP contribution >= 0.6 is 15.9 Å². The topological polar surface area (TPSA) is 58.6 Å². The predicted molar refractivity (Wildman–Crippen MR) is 157 cm³/mol. The Morgan fingerprint density at radius 1 is 0.947 bits per heavy atom. The lowest BCUT2D eigenvalue weighted by Gasteiger charge is -2.32. The first-order valence-corrected chi connectivity index (χ1v) is 14.0. The van der Waals surface area contributed by atoms with E-state index in [1.807, 2.05) is 92.7 Å². The van der Waals surface area contributed by atoms with Gasteiger partial charge in [0.25, 0.3) is 5.91 Å². The molecule has 1 N–H and O–H groups in total. The van der Waals surface area contributed by atoms with Gasteiger partial charge in [0.15, 0.2) is 6.61 Å². The van der Waals surface area contributed by atoms with E-state index < -0.39 is 6.04 Å². The lowest BCUT2D eigenvalue weighted by molar-refractivity contribution is -0.143. The Bertz CT molecular complexity index is 1190. The zero-order chi connectivity index (χ0) is 27.7. The Hall–Kier alpha value is -3.12. The molecule has 0 aliphatic rings. The Kier molecular flexibility index (Phi) is 10.5. The summed E-state index contributed by atoms with van der Waals surface area (Å²) in [6.07, 6.45) is 1.21. The fourth-order valence-corrected chi connectivity index (χ4v) is 4.58. The maximum absolute atomic E-state index is 13.8. The lowest BCUT2D eigenvalue weighted by atomic mass is 9.87. The highest BCUT2D eigenvalue weighted by Crippen LogP contribution is 2.31. The second kappa shape index (κ2) is 13.6. The summed E-state index contributed by atoms with van der Waals surface area (Å²) in [7, 11) is 0. The largest absolute Gasteiger partial charge is 0.483 e. The number of benzene rings is 3.